The van der Waals surface area contributed by atoms with Crippen LogP contribution in [-0.2, 0) is 11.2 Å². The van der Waals surface area contributed by atoms with Crippen molar-refractivity contribution in [3.05, 3.63) is 64.5 Å². The fraction of sp³-hybridized carbons (Fsp3) is 0.483. The van der Waals surface area contributed by atoms with Gasteiger partial charge in [0.25, 0.3) is 0 Å². The summed E-state index contributed by atoms with van der Waals surface area (Å²) in [5.74, 6) is -0.653. The van der Waals surface area contributed by atoms with E-state index in [1.807, 2.05) is 16.9 Å². The van der Waals surface area contributed by atoms with Crippen LogP contribution in [0.4, 0.5) is 10.1 Å². The number of halogens is 2. The molecular weight excluding hydrogens is 565 g/mol. The molecule has 1 aromatic heterocycles. The number of piperidine rings is 1. The number of anilines is 1. The maximum atomic E-state index is 13.7. The fourth-order valence-electron chi connectivity index (χ4n) is 5.64. The molecule has 0 radical (unpaired) electrons. The normalized spacial score (nSPS) is 20.8. The summed E-state index contributed by atoms with van der Waals surface area (Å²) in [6.45, 7) is 1.97. The van der Waals surface area contributed by atoms with Crippen molar-refractivity contribution in [2.24, 2.45) is 11.8 Å². The van der Waals surface area contributed by atoms with Gasteiger partial charge in [-0.25, -0.2) is 9.07 Å². The summed E-state index contributed by atoms with van der Waals surface area (Å²) in [4.78, 5) is 15.2. The van der Waals surface area contributed by atoms with E-state index in [4.69, 9.17) is 0 Å². The maximum absolute atomic E-state index is 13.7. The molecule has 5 rings (SSSR count). The molecule has 39 heavy (non-hydrogen) atoms. The van der Waals surface area contributed by atoms with Gasteiger partial charge < -0.3 is 20.4 Å². The van der Waals surface area contributed by atoms with E-state index in [1.54, 1.807) is 0 Å². The van der Waals surface area contributed by atoms with Crippen LogP contribution in [0.1, 0.15) is 43.7 Å². The molecule has 0 bridgehead atoms. The van der Waals surface area contributed by atoms with E-state index in [-0.39, 0.29) is 42.3 Å². The molecule has 3 unspecified atom stereocenters. The largest absolute Gasteiger partial charge is 0.396 e. The Kier molecular flexibility index (Phi) is 8.94. The summed E-state index contributed by atoms with van der Waals surface area (Å²) in [6.07, 6.45) is 6.14. The van der Waals surface area contributed by atoms with Gasteiger partial charge in [-0.2, -0.15) is 0 Å². The fourth-order valence-corrected chi connectivity index (χ4v) is 6.16. The molecule has 2 heterocycles. The molecule has 2 aliphatic rings. The van der Waals surface area contributed by atoms with E-state index in [1.165, 1.54) is 12.1 Å². The minimum absolute atomic E-state index is 0.0162. The number of benzene rings is 2. The molecule has 3 atom stereocenters. The van der Waals surface area contributed by atoms with Gasteiger partial charge in [0.1, 0.15) is 11.5 Å². The predicted octanol–water partition coefficient (Wildman–Crippen LogP) is 4.12. The minimum Gasteiger partial charge on any atom is -0.396 e. The second-order valence-corrected chi connectivity index (χ2v) is 11.7. The second kappa shape index (κ2) is 12.6. The van der Waals surface area contributed by atoms with Crippen molar-refractivity contribution in [2.75, 3.05) is 31.1 Å². The third kappa shape index (κ3) is 7.04. The number of hydrogen-bond acceptors (Lipinski definition) is 6. The number of nitrogens with zero attached hydrogens (tertiary/aromatic N) is 4. The molecule has 1 aliphatic carbocycles. The third-order valence-electron chi connectivity index (χ3n) is 7.92. The van der Waals surface area contributed by atoms with Gasteiger partial charge >= 0.3 is 0 Å². The zero-order valence-corrected chi connectivity index (χ0v) is 23.4. The molecule has 3 aromatic rings. The Morgan fingerprint density at radius 3 is 2.62 bits per heavy atom. The topological polar surface area (TPSA) is 104 Å². The lowest BCUT2D eigenvalue weighted by molar-refractivity contribution is -0.125. The summed E-state index contributed by atoms with van der Waals surface area (Å²) >= 11 is 3.30. The van der Waals surface area contributed by atoms with Gasteiger partial charge in [0.15, 0.2) is 0 Å². The summed E-state index contributed by atoms with van der Waals surface area (Å²) < 4.78 is 16.2. The highest BCUT2D eigenvalue weighted by atomic mass is 79.9. The van der Waals surface area contributed by atoms with Crippen LogP contribution < -0.4 is 10.2 Å². The van der Waals surface area contributed by atoms with Crippen LogP contribution in [0.5, 0.6) is 0 Å². The highest BCUT2D eigenvalue weighted by Gasteiger charge is 2.32. The molecule has 2 fully saturated rings. The first-order valence-electron chi connectivity index (χ1n) is 13.7. The first kappa shape index (κ1) is 27.7. The van der Waals surface area contributed by atoms with Gasteiger partial charge in [-0.1, -0.05) is 33.3 Å². The zero-order valence-electron chi connectivity index (χ0n) is 21.8. The number of aromatic nitrogens is 3. The lowest BCUT2D eigenvalue weighted by Crippen LogP contribution is -2.35. The van der Waals surface area contributed by atoms with Crippen molar-refractivity contribution in [2.45, 2.75) is 50.7 Å². The van der Waals surface area contributed by atoms with Gasteiger partial charge in [-0.3, -0.25) is 4.79 Å². The summed E-state index contributed by atoms with van der Waals surface area (Å²) in [5.41, 5.74) is 3.72. The number of rotatable bonds is 9. The van der Waals surface area contributed by atoms with Crippen molar-refractivity contribution in [1.82, 2.24) is 20.3 Å². The lowest BCUT2D eigenvalue weighted by atomic mass is 9.99. The smallest absolute Gasteiger partial charge is 0.223 e. The Morgan fingerprint density at radius 1 is 1.13 bits per heavy atom. The molecule has 1 saturated heterocycles. The van der Waals surface area contributed by atoms with Crippen LogP contribution in [0.3, 0.4) is 0 Å². The van der Waals surface area contributed by atoms with Crippen molar-refractivity contribution >= 4 is 27.5 Å². The van der Waals surface area contributed by atoms with Gasteiger partial charge in [-0.05, 0) is 74.4 Å². The van der Waals surface area contributed by atoms with Gasteiger partial charge in [0, 0.05) is 53.8 Å². The number of amides is 1. The number of aliphatic hydroxyl groups excluding tert-OH is 2. The third-order valence-corrected chi connectivity index (χ3v) is 8.38. The Bertz CT molecular complexity index is 1240. The number of hydrogen-bond donors (Lipinski definition) is 3. The molecule has 3 N–H and O–H groups in total. The quantitative estimate of drug-likeness (QED) is 0.342. The minimum atomic E-state index is -0.329. The molecule has 0 spiro atoms. The summed E-state index contributed by atoms with van der Waals surface area (Å²) in [7, 11) is 0. The first-order valence-corrected chi connectivity index (χ1v) is 14.5. The van der Waals surface area contributed by atoms with E-state index in [2.05, 4.69) is 60.7 Å². The Morgan fingerprint density at radius 2 is 1.90 bits per heavy atom. The van der Waals surface area contributed by atoms with Crippen LogP contribution in [0.15, 0.2) is 53.1 Å². The molecular formula is C29H35BrFN5O3. The summed E-state index contributed by atoms with van der Waals surface area (Å²) in [6, 6.07) is 13.1. The molecule has 208 valence electrons. The van der Waals surface area contributed by atoms with E-state index < -0.39 is 0 Å². The van der Waals surface area contributed by atoms with Crippen LogP contribution in [0, 0.1) is 17.7 Å². The Labute approximate surface area is 236 Å². The number of carbonyl (C=O) groups excluding carboxylic acids is 1. The number of nitrogens with one attached hydrogen (secondary N) is 1. The van der Waals surface area contributed by atoms with Crippen LogP contribution in [-0.4, -0.2) is 63.5 Å². The van der Waals surface area contributed by atoms with E-state index in [0.717, 1.165) is 61.3 Å². The average Bonchev–Trinajstić information content (AvgIpc) is 3.61. The van der Waals surface area contributed by atoms with Crippen molar-refractivity contribution in [1.29, 1.82) is 0 Å². The molecule has 1 aliphatic heterocycles. The SMILES string of the molecule is O=C(NCC(CO)Cc1cc(F)cc(Br)c1)C1CCC(n2cc(-c3ccc(N4CCC(O)CC4)cc3)nn2)C1. The highest BCUT2D eigenvalue weighted by Crippen LogP contribution is 2.35. The van der Waals surface area contributed by atoms with E-state index >= 15 is 0 Å². The molecule has 2 aromatic carbocycles. The van der Waals surface area contributed by atoms with E-state index in [9.17, 15) is 19.4 Å². The lowest BCUT2D eigenvalue weighted by Gasteiger charge is -2.31. The van der Waals surface area contributed by atoms with Crippen LogP contribution in [0.25, 0.3) is 11.3 Å². The van der Waals surface area contributed by atoms with Crippen LogP contribution in [0.2, 0.25) is 0 Å². The van der Waals surface area contributed by atoms with Crippen molar-refractivity contribution in [3.63, 3.8) is 0 Å². The monoisotopic (exact) mass is 599 g/mol. The molecule has 1 amide bonds. The standard InChI is InChI=1S/C29H35BrFN5O3/c30-23-12-19(13-24(31)15-23)11-20(18-37)16-32-29(39)22-3-6-26(14-22)36-17-28(33-34-36)21-1-4-25(5-2-21)35-9-7-27(38)8-10-35/h1-2,4-5,12-13,15,17,20,22,26-27,37-38H,3,6-11,14,16,18H2,(H,32,39). The maximum Gasteiger partial charge on any atom is 0.223 e. The molecule has 1 saturated carbocycles. The predicted molar refractivity (Wildman–Crippen MR) is 151 cm³/mol. The van der Waals surface area contributed by atoms with Gasteiger partial charge in [0.2, 0.25) is 5.91 Å². The Balaban J connectivity index is 1.12. The van der Waals surface area contributed by atoms with Gasteiger partial charge in [-0.15, -0.1) is 5.10 Å². The van der Waals surface area contributed by atoms with E-state index in [0.29, 0.717) is 23.9 Å². The van der Waals surface area contributed by atoms with Crippen molar-refractivity contribution in [3.8, 4) is 11.3 Å². The Hall–Kier alpha value is -2.82. The summed E-state index contributed by atoms with van der Waals surface area (Å²) in [5, 5.41) is 31.3. The number of aliphatic hydroxyl groups is 2. The number of carbonyl (C=O) groups is 1. The van der Waals surface area contributed by atoms with Crippen LogP contribution >= 0.6 is 15.9 Å². The zero-order chi connectivity index (χ0) is 27.4. The molecule has 10 heteroatoms. The highest BCUT2D eigenvalue weighted by molar-refractivity contribution is 9.10. The molecule has 8 nitrogen and oxygen atoms in total. The van der Waals surface area contributed by atoms with Gasteiger partial charge in [0.05, 0.1) is 18.3 Å². The van der Waals surface area contributed by atoms with Crippen molar-refractivity contribution < 1.29 is 19.4 Å². The average molecular weight is 601 g/mol. The second-order valence-electron chi connectivity index (χ2n) is 10.8. The first-order chi connectivity index (χ1) is 18.9.